The molecule has 0 aliphatic carbocycles. The number of sulfone groups is 1. The van der Waals surface area contributed by atoms with Crippen molar-refractivity contribution in [3.63, 3.8) is 0 Å². The second kappa shape index (κ2) is 8.63. The van der Waals surface area contributed by atoms with E-state index >= 15 is 0 Å². The lowest BCUT2D eigenvalue weighted by molar-refractivity contribution is -0.135. The number of nitrogens with one attached hydrogen (secondary N) is 1. The fourth-order valence-electron chi connectivity index (χ4n) is 4.99. The van der Waals surface area contributed by atoms with E-state index in [1.807, 2.05) is 12.1 Å². The summed E-state index contributed by atoms with van der Waals surface area (Å²) in [6.07, 6.45) is 4.94. The van der Waals surface area contributed by atoms with Crippen molar-refractivity contribution in [2.75, 3.05) is 11.2 Å². The lowest BCUT2D eigenvalue weighted by Gasteiger charge is -2.41. The summed E-state index contributed by atoms with van der Waals surface area (Å²) in [5, 5.41) is 3.17. The van der Waals surface area contributed by atoms with E-state index in [1.54, 1.807) is 39.0 Å². The van der Waals surface area contributed by atoms with Gasteiger partial charge in [0.2, 0.25) is 0 Å². The van der Waals surface area contributed by atoms with E-state index in [2.05, 4.69) is 10.2 Å². The van der Waals surface area contributed by atoms with Crippen molar-refractivity contribution in [3.8, 4) is 5.75 Å². The van der Waals surface area contributed by atoms with Crippen LogP contribution in [0.3, 0.4) is 0 Å². The molecule has 2 unspecified atom stereocenters. The van der Waals surface area contributed by atoms with Crippen molar-refractivity contribution < 1.29 is 22.3 Å². The van der Waals surface area contributed by atoms with Crippen LogP contribution in [0.25, 0.3) is 0 Å². The molecule has 6 nitrogen and oxygen atoms in total. The van der Waals surface area contributed by atoms with Crippen molar-refractivity contribution in [3.05, 3.63) is 53.8 Å². The zero-order chi connectivity index (χ0) is 24.0. The number of benzene rings is 2. The van der Waals surface area contributed by atoms with Gasteiger partial charge in [0.25, 0.3) is 5.91 Å². The van der Waals surface area contributed by atoms with Crippen LogP contribution in [0.5, 0.6) is 5.75 Å². The lowest BCUT2D eigenvalue weighted by atomic mass is 9.95. The number of fused-ring (bicyclic) bond motifs is 2. The van der Waals surface area contributed by atoms with E-state index in [0.717, 1.165) is 31.4 Å². The summed E-state index contributed by atoms with van der Waals surface area (Å²) in [4.78, 5) is 15.7. The lowest BCUT2D eigenvalue weighted by Crippen LogP contribution is -2.55. The first kappa shape index (κ1) is 23.5. The van der Waals surface area contributed by atoms with Crippen molar-refractivity contribution >= 4 is 21.4 Å². The molecule has 0 saturated carbocycles. The smallest absolute Gasteiger partial charge is 0.263 e. The van der Waals surface area contributed by atoms with Gasteiger partial charge in [-0.2, -0.15) is 0 Å². The number of anilines is 1. The number of hydrogen-bond acceptors (Lipinski definition) is 5. The zero-order valence-electron chi connectivity index (χ0n) is 19.5. The van der Waals surface area contributed by atoms with Crippen LogP contribution < -0.4 is 15.0 Å². The molecule has 0 radical (unpaired) electrons. The second-order valence-corrected chi connectivity index (χ2v) is 11.7. The van der Waals surface area contributed by atoms with Gasteiger partial charge < -0.3 is 15.0 Å². The molecule has 0 aromatic heterocycles. The predicted molar refractivity (Wildman–Crippen MR) is 126 cm³/mol. The molecule has 1 N–H and O–H groups in total. The summed E-state index contributed by atoms with van der Waals surface area (Å²) in [7, 11) is -3.22. The van der Waals surface area contributed by atoms with E-state index in [9.17, 15) is 17.6 Å². The highest BCUT2D eigenvalue weighted by atomic mass is 32.2. The summed E-state index contributed by atoms with van der Waals surface area (Å²) in [6, 6.07) is 12.0. The Morgan fingerprint density at radius 2 is 1.70 bits per heavy atom. The number of amides is 1. The Bertz CT molecular complexity index is 1130. The van der Waals surface area contributed by atoms with Crippen LogP contribution in [0.1, 0.15) is 45.1 Å². The summed E-state index contributed by atoms with van der Waals surface area (Å²) in [5.74, 6) is -0.0409. The maximum absolute atomic E-state index is 13.4. The van der Waals surface area contributed by atoms with Crippen molar-refractivity contribution in [2.24, 2.45) is 0 Å². The minimum atomic E-state index is -3.22. The van der Waals surface area contributed by atoms with Crippen LogP contribution >= 0.6 is 0 Å². The van der Waals surface area contributed by atoms with Gasteiger partial charge in [0, 0.05) is 30.1 Å². The minimum absolute atomic E-state index is 0.0405. The summed E-state index contributed by atoms with van der Waals surface area (Å²) < 4.78 is 42.9. The minimum Gasteiger partial charge on any atom is -0.478 e. The van der Waals surface area contributed by atoms with Gasteiger partial charge in [-0.25, -0.2) is 12.8 Å². The van der Waals surface area contributed by atoms with Gasteiger partial charge >= 0.3 is 0 Å². The Morgan fingerprint density at radius 3 is 2.24 bits per heavy atom. The van der Waals surface area contributed by atoms with Gasteiger partial charge in [-0.3, -0.25) is 4.79 Å². The standard InChI is InChI=1S/C25H31FN2O4S/c1-16-13-17(26)5-12-23(16)32-25(2,3)24(29)27-18-14-20-6-7-21(15-18)28(20)19-8-10-22(11-9-19)33(4,30)31/h5,8-13,18,20-21H,6-7,14-15H2,1-4H3,(H,27,29). The molecule has 1 amide bonds. The molecule has 0 spiro atoms. The number of piperidine rings is 1. The van der Waals surface area contributed by atoms with Crippen LogP contribution in [-0.2, 0) is 14.6 Å². The zero-order valence-corrected chi connectivity index (χ0v) is 20.3. The summed E-state index contributed by atoms with van der Waals surface area (Å²) >= 11 is 0. The van der Waals surface area contributed by atoms with Crippen molar-refractivity contribution in [1.29, 1.82) is 0 Å². The fourth-order valence-corrected chi connectivity index (χ4v) is 5.62. The van der Waals surface area contributed by atoms with Gasteiger partial charge in [0.05, 0.1) is 4.90 Å². The Morgan fingerprint density at radius 1 is 1.09 bits per heavy atom. The Hall–Kier alpha value is -2.61. The number of carbonyl (C=O) groups excluding carboxylic acids is 1. The monoisotopic (exact) mass is 474 g/mol. The Labute approximate surface area is 195 Å². The molecule has 2 aliphatic heterocycles. The van der Waals surface area contributed by atoms with E-state index in [-0.39, 0.29) is 17.8 Å². The first-order valence-electron chi connectivity index (χ1n) is 11.3. The molecular weight excluding hydrogens is 443 g/mol. The largest absolute Gasteiger partial charge is 0.478 e. The van der Waals surface area contributed by atoms with Crippen molar-refractivity contribution in [2.45, 2.75) is 75.1 Å². The molecule has 2 saturated heterocycles. The quantitative estimate of drug-likeness (QED) is 0.685. The number of nitrogens with zero attached hydrogens (tertiary/aromatic N) is 1. The highest BCUT2D eigenvalue weighted by Crippen LogP contribution is 2.39. The number of hydrogen-bond donors (Lipinski definition) is 1. The third kappa shape index (κ3) is 5.00. The first-order valence-corrected chi connectivity index (χ1v) is 13.2. The average molecular weight is 475 g/mol. The highest BCUT2D eigenvalue weighted by molar-refractivity contribution is 7.90. The number of ether oxygens (including phenoxy) is 1. The van der Waals surface area contributed by atoms with Gasteiger partial charge in [0.15, 0.2) is 15.4 Å². The fraction of sp³-hybridized carbons (Fsp3) is 0.480. The van der Waals surface area contributed by atoms with Crippen molar-refractivity contribution in [1.82, 2.24) is 5.32 Å². The topological polar surface area (TPSA) is 75.7 Å². The SMILES string of the molecule is Cc1cc(F)ccc1OC(C)(C)C(=O)NC1CC2CCC(C1)N2c1ccc(S(C)(=O)=O)cc1. The van der Waals surface area contributed by atoms with E-state index < -0.39 is 15.4 Å². The number of carbonyl (C=O) groups is 1. The van der Waals surface area contributed by atoms with E-state index in [4.69, 9.17) is 4.74 Å². The molecule has 178 valence electrons. The predicted octanol–water partition coefficient (Wildman–Crippen LogP) is 4.01. The average Bonchev–Trinajstić information content (AvgIpc) is 3.00. The molecule has 33 heavy (non-hydrogen) atoms. The maximum atomic E-state index is 13.4. The number of rotatable bonds is 6. The molecule has 2 aromatic rings. The van der Waals surface area contributed by atoms with E-state index in [1.165, 1.54) is 18.4 Å². The normalized spacial score (nSPS) is 22.8. The van der Waals surface area contributed by atoms with Crippen LogP contribution in [0.2, 0.25) is 0 Å². The molecule has 2 fully saturated rings. The molecule has 2 atom stereocenters. The molecule has 2 bridgehead atoms. The summed E-state index contributed by atoms with van der Waals surface area (Å²) in [5.41, 5.74) is 0.569. The molecule has 2 heterocycles. The Kier molecular flexibility index (Phi) is 6.16. The van der Waals surface area contributed by atoms with Crippen LogP contribution in [0.4, 0.5) is 10.1 Å². The molecule has 4 rings (SSSR count). The number of aryl methyl sites for hydroxylation is 1. The molecule has 2 aromatic carbocycles. The van der Waals surface area contributed by atoms with Gasteiger partial charge in [-0.05, 0) is 94.5 Å². The molecule has 2 aliphatic rings. The molecular formula is C25H31FN2O4S. The van der Waals surface area contributed by atoms with Gasteiger partial charge in [0.1, 0.15) is 11.6 Å². The van der Waals surface area contributed by atoms with Gasteiger partial charge in [-0.1, -0.05) is 0 Å². The first-order chi connectivity index (χ1) is 15.4. The maximum Gasteiger partial charge on any atom is 0.263 e. The summed E-state index contributed by atoms with van der Waals surface area (Å²) in [6.45, 7) is 5.19. The number of halogens is 1. The van der Waals surface area contributed by atoms with Crippen LogP contribution in [0, 0.1) is 12.7 Å². The second-order valence-electron chi connectivity index (χ2n) is 9.72. The third-order valence-electron chi connectivity index (χ3n) is 6.68. The third-order valence-corrected chi connectivity index (χ3v) is 7.81. The van der Waals surface area contributed by atoms with Crippen LogP contribution in [0.15, 0.2) is 47.4 Å². The Balaban J connectivity index is 1.41. The molecule has 8 heteroatoms. The van der Waals surface area contributed by atoms with E-state index in [0.29, 0.717) is 28.3 Å². The van der Waals surface area contributed by atoms with Gasteiger partial charge in [-0.15, -0.1) is 0 Å². The van der Waals surface area contributed by atoms with Crippen LogP contribution in [-0.4, -0.2) is 44.3 Å². The highest BCUT2D eigenvalue weighted by Gasteiger charge is 2.42.